The van der Waals surface area contributed by atoms with Gasteiger partial charge in [0.15, 0.2) is 11.5 Å². The van der Waals surface area contributed by atoms with E-state index in [1.165, 1.54) is 0 Å². The van der Waals surface area contributed by atoms with Gasteiger partial charge in [0.05, 0.1) is 19.7 Å². The lowest BCUT2D eigenvalue weighted by Crippen LogP contribution is -2.49. The van der Waals surface area contributed by atoms with Crippen LogP contribution in [0.2, 0.25) is 0 Å². The SMILES string of the molecule is COc1cc2ncnc(N3CCN(C(C)C)CC3)c2cc1OC. The molecule has 0 atom stereocenters. The molecule has 0 radical (unpaired) electrons. The number of anilines is 1. The molecule has 1 aliphatic heterocycles. The van der Waals surface area contributed by atoms with E-state index < -0.39 is 0 Å². The lowest BCUT2D eigenvalue weighted by Gasteiger charge is -2.37. The van der Waals surface area contributed by atoms with Crippen molar-refractivity contribution in [3.8, 4) is 11.5 Å². The predicted octanol–water partition coefficient (Wildman–Crippen LogP) is 2.18. The van der Waals surface area contributed by atoms with Crippen LogP contribution in [0.5, 0.6) is 11.5 Å². The summed E-state index contributed by atoms with van der Waals surface area (Å²) in [6.45, 7) is 8.53. The fraction of sp³-hybridized carbons (Fsp3) is 0.529. The van der Waals surface area contributed by atoms with Crippen LogP contribution in [0.25, 0.3) is 10.9 Å². The molecule has 6 nitrogen and oxygen atoms in total. The van der Waals surface area contributed by atoms with Gasteiger partial charge in [0.2, 0.25) is 0 Å². The number of hydrogen-bond acceptors (Lipinski definition) is 6. The smallest absolute Gasteiger partial charge is 0.162 e. The van der Waals surface area contributed by atoms with Gasteiger partial charge in [0.1, 0.15) is 12.1 Å². The molecule has 6 heteroatoms. The Hall–Kier alpha value is -2.08. The zero-order valence-electron chi connectivity index (χ0n) is 14.2. The maximum Gasteiger partial charge on any atom is 0.162 e. The van der Waals surface area contributed by atoms with Gasteiger partial charge < -0.3 is 14.4 Å². The Kier molecular flexibility index (Phi) is 4.52. The number of aromatic nitrogens is 2. The van der Waals surface area contributed by atoms with Crippen LogP contribution in [0.15, 0.2) is 18.5 Å². The average Bonchev–Trinajstić information content (AvgIpc) is 2.60. The maximum atomic E-state index is 5.43. The first-order chi connectivity index (χ1) is 11.1. The molecular formula is C17H24N4O2. The van der Waals surface area contributed by atoms with Crippen molar-refractivity contribution in [3.05, 3.63) is 18.5 Å². The summed E-state index contributed by atoms with van der Waals surface area (Å²) < 4.78 is 10.8. The number of methoxy groups -OCH3 is 2. The van der Waals surface area contributed by atoms with Crippen molar-refractivity contribution in [3.63, 3.8) is 0 Å². The fourth-order valence-corrected chi connectivity index (χ4v) is 3.07. The first-order valence-electron chi connectivity index (χ1n) is 7.99. The van der Waals surface area contributed by atoms with E-state index in [0.29, 0.717) is 17.5 Å². The molecule has 2 heterocycles. The minimum atomic E-state index is 0.587. The highest BCUT2D eigenvalue weighted by Gasteiger charge is 2.22. The molecule has 0 spiro atoms. The fourth-order valence-electron chi connectivity index (χ4n) is 3.07. The second kappa shape index (κ2) is 6.58. The second-order valence-electron chi connectivity index (χ2n) is 6.04. The van der Waals surface area contributed by atoms with Gasteiger partial charge in [-0.2, -0.15) is 0 Å². The van der Waals surface area contributed by atoms with Crippen LogP contribution >= 0.6 is 0 Å². The predicted molar refractivity (Wildman–Crippen MR) is 91.6 cm³/mol. The lowest BCUT2D eigenvalue weighted by atomic mass is 10.1. The van der Waals surface area contributed by atoms with E-state index in [-0.39, 0.29) is 0 Å². The quantitative estimate of drug-likeness (QED) is 0.862. The largest absolute Gasteiger partial charge is 0.493 e. The zero-order chi connectivity index (χ0) is 16.4. The van der Waals surface area contributed by atoms with Gasteiger partial charge in [-0.05, 0) is 19.9 Å². The Morgan fingerprint density at radius 2 is 1.61 bits per heavy atom. The Morgan fingerprint density at radius 1 is 0.957 bits per heavy atom. The summed E-state index contributed by atoms with van der Waals surface area (Å²) in [4.78, 5) is 13.7. The van der Waals surface area contributed by atoms with Crippen LogP contribution in [0.1, 0.15) is 13.8 Å². The van der Waals surface area contributed by atoms with Crippen LogP contribution in [-0.2, 0) is 0 Å². The molecule has 124 valence electrons. The number of nitrogens with zero attached hydrogens (tertiary/aromatic N) is 4. The summed E-state index contributed by atoms with van der Waals surface area (Å²) in [5, 5.41) is 1.00. The van der Waals surface area contributed by atoms with Gasteiger partial charge in [0, 0.05) is 43.7 Å². The van der Waals surface area contributed by atoms with Crippen molar-refractivity contribution in [2.24, 2.45) is 0 Å². The minimum Gasteiger partial charge on any atom is -0.493 e. The third-order valence-electron chi connectivity index (χ3n) is 4.46. The van der Waals surface area contributed by atoms with E-state index in [1.807, 2.05) is 12.1 Å². The van der Waals surface area contributed by atoms with Crippen LogP contribution in [-0.4, -0.2) is 61.3 Å². The molecular weight excluding hydrogens is 292 g/mol. The number of ether oxygens (including phenoxy) is 2. The second-order valence-corrected chi connectivity index (χ2v) is 6.04. The van der Waals surface area contributed by atoms with Gasteiger partial charge in [-0.1, -0.05) is 0 Å². The Bertz CT molecular complexity index is 682. The molecule has 1 fully saturated rings. The summed E-state index contributed by atoms with van der Waals surface area (Å²) >= 11 is 0. The van der Waals surface area contributed by atoms with Gasteiger partial charge in [-0.25, -0.2) is 9.97 Å². The number of rotatable bonds is 4. The summed E-state index contributed by atoms with van der Waals surface area (Å²) in [5.74, 6) is 2.37. The molecule has 0 bridgehead atoms. The molecule has 0 unspecified atom stereocenters. The van der Waals surface area contributed by atoms with Crippen LogP contribution in [0, 0.1) is 0 Å². The Morgan fingerprint density at radius 3 is 2.22 bits per heavy atom. The van der Waals surface area contributed by atoms with Gasteiger partial charge in [-0.3, -0.25) is 4.90 Å². The highest BCUT2D eigenvalue weighted by Crippen LogP contribution is 2.34. The molecule has 3 rings (SSSR count). The molecule has 23 heavy (non-hydrogen) atoms. The summed E-state index contributed by atoms with van der Waals surface area (Å²) in [6, 6.07) is 4.46. The highest BCUT2D eigenvalue weighted by molar-refractivity contribution is 5.92. The standard InChI is InChI=1S/C17H24N4O2/c1-12(2)20-5-7-21(8-6-20)17-13-9-15(22-3)16(23-4)10-14(13)18-11-19-17/h9-12H,5-8H2,1-4H3. The Labute approximate surface area is 137 Å². The topological polar surface area (TPSA) is 50.7 Å². The number of fused-ring (bicyclic) bond motifs is 1. The minimum absolute atomic E-state index is 0.587. The van der Waals surface area contributed by atoms with E-state index in [2.05, 4.69) is 33.6 Å². The average molecular weight is 316 g/mol. The number of hydrogen-bond donors (Lipinski definition) is 0. The monoisotopic (exact) mass is 316 g/mol. The van der Waals surface area contributed by atoms with Crippen molar-refractivity contribution in [1.29, 1.82) is 0 Å². The molecule has 0 N–H and O–H groups in total. The molecule has 0 saturated carbocycles. The van der Waals surface area contributed by atoms with E-state index in [4.69, 9.17) is 9.47 Å². The first kappa shape index (κ1) is 15.8. The summed E-state index contributed by atoms with van der Waals surface area (Å²) in [7, 11) is 3.28. The van der Waals surface area contributed by atoms with E-state index in [0.717, 1.165) is 42.9 Å². The molecule has 0 amide bonds. The van der Waals surface area contributed by atoms with Gasteiger partial charge >= 0.3 is 0 Å². The summed E-state index contributed by atoms with van der Waals surface area (Å²) in [5.41, 5.74) is 0.874. The van der Waals surface area contributed by atoms with Crippen LogP contribution in [0.4, 0.5) is 5.82 Å². The van der Waals surface area contributed by atoms with Crippen molar-refractivity contribution in [2.45, 2.75) is 19.9 Å². The van der Waals surface area contributed by atoms with Crippen LogP contribution in [0.3, 0.4) is 0 Å². The third-order valence-corrected chi connectivity index (χ3v) is 4.46. The van der Waals surface area contributed by atoms with Gasteiger partial charge in [-0.15, -0.1) is 0 Å². The van der Waals surface area contributed by atoms with E-state index in [1.54, 1.807) is 20.5 Å². The summed E-state index contributed by atoms with van der Waals surface area (Å²) in [6.07, 6.45) is 1.62. The van der Waals surface area contributed by atoms with Gasteiger partial charge in [0.25, 0.3) is 0 Å². The van der Waals surface area contributed by atoms with Crippen LogP contribution < -0.4 is 14.4 Å². The van der Waals surface area contributed by atoms with Crippen molar-refractivity contribution in [1.82, 2.24) is 14.9 Å². The molecule has 2 aromatic rings. The zero-order valence-corrected chi connectivity index (χ0v) is 14.2. The normalized spacial score (nSPS) is 16.1. The lowest BCUT2D eigenvalue weighted by molar-refractivity contribution is 0.209. The first-order valence-corrected chi connectivity index (χ1v) is 7.99. The molecule has 1 aromatic carbocycles. The molecule has 1 saturated heterocycles. The van der Waals surface area contributed by atoms with Crippen molar-refractivity contribution < 1.29 is 9.47 Å². The highest BCUT2D eigenvalue weighted by atomic mass is 16.5. The molecule has 0 aliphatic carbocycles. The Balaban J connectivity index is 1.95. The van der Waals surface area contributed by atoms with Crippen molar-refractivity contribution in [2.75, 3.05) is 45.3 Å². The van der Waals surface area contributed by atoms with Crippen molar-refractivity contribution >= 4 is 16.7 Å². The maximum absolute atomic E-state index is 5.43. The number of benzene rings is 1. The molecule has 1 aromatic heterocycles. The third kappa shape index (κ3) is 3.03. The molecule has 1 aliphatic rings. The van der Waals surface area contributed by atoms with E-state index >= 15 is 0 Å². The van der Waals surface area contributed by atoms with E-state index in [9.17, 15) is 0 Å². The number of piperazine rings is 1.